The molecule has 0 bridgehead atoms. The molecule has 0 spiro atoms. The van der Waals surface area contributed by atoms with Gasteiger partial charge in [0.25, 0.3) is 6.67 Å². The van der Waals surface area contributed by atoms with Gasteiger partial charge in [-0.05, 0) is 36.5 Å². The molecule has 0 saturated carbocycles. The van der Waals surface area contributed by atoms with E-state index >= 15 is 0 Å². The van der Waals surface area contributed by atoms with Crippen molar-refractivity contribution in [3.8, 4) is 17.2 Å². The van der Waals surface area contributed by atoms with Crippen LogP contribution in [0.2, 0.25) is 0 Å². The van der Waals surface area contributed by atoms with Crippen LogP contribution < -0.4 is 9.47 Å². The molecule has 0 radical (unpaired) electrons. The molecule has 1 aliphatic heterocycles. The van der Waals surface area contributed by atoms with Gasteiger partial charge in [0.2, 0.25) is 0 Å². The van der Waals surface area contributed by atoms with E-state index < -0.39 is 24.8 Å². The highest BCUT2D eigenvalue weighted by molar-refractivity contribution is 6.02. The minimum absolute atomic E-state index is 0.00994. The second-order valence-corrected chi connectivity index (χ2v) is 8.82. The van der Waals surface area contributed by atoms with E-state index in [9.17, 15) is 18.0 Å². The number of benzene rings is 2. The predicted octanol–water partition coefficient (Wildman–Crippen LogP) is 5.62. The number of likely N-dealkylation sites (tertiary alicyclic amines) is 1. The van der Waals surface area contributed by atoms with E-state index in [0.29, 0.717) is 18.3 Å². The number of ketones is 1. The van der Waals surface area contributed by atoms with Gasteiger partial charge in [-0.2, -0.15) is 13.2 Å². The van der Waals surface area contributed by atoms with Crippen LogP contribution in [0.25, 0.3) is 21.6 Å². The number of hydrogen-bond acceptors (Lipinski definition) is 5. The van der Waals surface area contributed by atoms with E-state index in [1.807, 2.05) is 10.6 Å². The van der Waals surface area contributed by atoms with E-state index in [1.54, 1.807) is 18.5 Å². The van der Waals surface area contributed by atoms with Gasteiger partial charge >= 0.3 is 6.18 Å². The van der Waals surface area contributed by atoms with Gasteiger partial charge in [0.1, 0.15) is 23.4 Å². The summed E-state index contributed by atoms with van der Waals surface area (Å²) in [5.41, 5.74) is 3.45. The average molecular weight is 501 g/mol. The van der Waals surface area contributed by atoms with Gasteiger partial charge in [-0.3, -0.25) is 14.2 Å². The van der Waals surface area contributed by atoms with E-state index in [4.69, 9.17) is 16.0 Å². The zero-order valence-corrected chi connectivity index (χ0v) is 20.1. The Morgan fingerprint density at radius 2 is 1.81 bits per heavy atom. The summed E-state index contributed by atoms with van der Waals surface area (Å²) in [6, 6.07) is 9.35. The molecule has 4 rings (SSSR count). The maximum atomic E-state index is 12.7. The molecule has 2 aromatic carbocycles. The standard InChI is InChI=1S/C26H27F3N4O3/c1-30-15-32-10-7-17(8-11-32)18-4-5-21-20(12-18)31-16-33(21)19-13-23(35-2)25(24(14-19)36-3)22(34)6-9-26(27,28)29/h4-5,12-14,16-17H,6-11,15H2,2-3H3. The number of methoxy groups -OCH3 is 2. The summed E-state index contributed by atoms with van der Waals surface area (Å²) in [7, 11) is 2.72. The highest BCUT2D eigenvalue weighted by Gasteiger charge is 2.30. The lowest BCUT2D eigenvalue weighted by atomic mass is 9.89. The summed E-state index contributed by atoms with van der Waals surface area (Å²) < 4.78 is 50.5. The number of carbonyl (C=O) groups excluding carboxylic acids is 1. The van der Waals surface area contributed by atoms with Crippen molar-refractivity contribution >= 4 is 16.8 Å². The molecule has 0 aliphatic carbocycles. The molecule has 36 heavy (non-hydrogen) atoms. The van der Waals surface area contributed by atoms with Crippen LogP contribution in [0.5, 0.6) is 11.5 Å². The zero-order valence-electron chi connectivity index (χ0n) is 20.1. The SMILES string of the molecule is [C-]#[N+]CN1CCC(c2ccc3c(c2)ncn3-c2cc(OC)c(C(=O)CCC(F)(F)F)c(OC)c2)CC1. The fourth-order valence-corrected chi connectivity index (χ4v) is 4.69. The molecular formula is C26H27F3N4O3. The number of ether oxygens (including phenoxy) is 2. The Kier molecular flexibility index (Phi) is 7.50. The molecule has 1 fully saturated rings. The molecule has 10 heteroatoms. The minimum atomic E-state index is -4.43. The first-order valence-corrected chi connectivity index (χ1v) is 11.6. The van der Waals surface area contributed by atoms with Crippen molar-refractivity contribution in [1.29, 1.82) is 0 Å². The second kappa shape index (κ2) is 10.6. The molecule has 1 aliphatic rings. The Morgan fingerprint density at radius 1 is 1.14 bits per heavy atom. The topological polar surface area (TPSA) is 61.0 Å². The fourth-order valence-electron chi connectivity index (χ4n) is 4.69. The smallest absolute Gasteiger partial charge is 0.389 e. The van der Waals surface area contributed by atoms with Crippen molar-refractivity contribution in [2.24, 2.45) is 0 Å². The molecule has 1 aromatic heterocycles. The third-order valence-electron chi connectivity index (χ3n) is 6.58. The Morgan fingerprint density at radius 3 is 2.39 bits per heavy atom. The molecule has 0 amide bonds. The molecule has 190 valence electrons. The van der Waals surface area contributed by atoms with Crippen LogP contribution in [-0.2, 0) is 0 Å². The molecule has 0 N–H and O–H groups in total. The monoisotopic (exact) mass is 500 g/mol. The first-order chi connectivity index (χ1) is 17.2. The number of halogens is 3. The van der Waals surface area contributed by atoms with Gasteiger partial charge in [-0.15, -0.1) is 0 Å². The number of imidazole rings is 1. The second-order valence-electron chi connectivity index (χ2n) is 8.82. The van der Waals surface area contributed by atoms with Crippen molar-refractivity contribution in [2.75, 3.05) is 34.0 Å². The maximum Gasteiger partial charge on any atom is 0.389 e. The summed E-state index contributed by atoms with van der Waals surface area (Å²) in [5.74, 6) is -0.0128. The van der Waals surface area contributed by atoms with Crippen LogP contribution >= 0.6 is 0 Å². The lowest BCUT2D eigenvalue weighted by Gasteiger charge is -2.28. The number of nitrogens with zero attached hydrogens (tertiary/aromatic N) is 4. The van der Waals surface area contributed by atoms with E-state index in [2.05, 4.69) is 26.9 Å². The molecule has 3 aromatic rings. The first-order valence-electron chi connectivity index (χ1n) is 11.6. The summed E-state index contributed by atoms with van der Waals surface area (Å²) >= 11 is 0. The number of rotatable bonds is 8. The molecular weight excluding hydrogens is 473 g/mol. The van der Waals surface area contributed by atoms with Crippen molar-refractivity contribution in [3.63, 3.8) is 0 Å². The highest BCUT2D eigenvalue weighted by atomic mass is 19.4. The Labute approximate surface area is 207 Å². The van der Waals surface area contributed by atoms with E-state index in [-0.39, 0.29) is 17.1 Å². The molecule has 2 heterocycles. The summed E-state index contributed by atoms with van der Waals surface area (Å²) in [4.78, 5) is 22.8. The zero-order chi connectivity index (χ0) is 25.9. The number of carbonyl (C=O) groups is 1. The van der Waals surface area contributed by atoms with Crippen molar-refractivity contribution < 1.29 is 27.4 Å². The van der Waals surface area contributed by atoms with Gasteiger partial charge in [0.15, 0.2) is 5.78 Å². The third-order valence-corrected chi connectivity index (χ3v) is 6.58. The molecule has 7 nitrogen and oxygen atoms in total. The summed E-state index contributed by atoms with van der Waals surface area (Å²) in [6.45, 7) is 9.27. The lowest BCUT2D eigenvalue weighted by molar-refractivity contribution is -0.133. The summed E-state index contributed by atoms with van der Waals surface area (Å²) in [5, 5.41) is 0. The number of alkyl halides is 3. The normalized spacial score (nSPS) is 15.1. The number of fused-ring (bicyclic) bond motifs is 1. The number of hydrogen-bond donors (Lipinski definition) is 0. The van der Waals surface area contributed by atoms with E-state index in [1.165, 1.54) is 19.8 Å². The molecule has 0 unspecified atom stereocenters. The number of aromatic nitrogens is 2. The highest BCUT2D eigenvalue weighted by Crippen LogP contribution is 2.36. The quantitative estimate of drug-likeness (QED) is 0.297. The largest absolute Gasteiger partial charge is 0.496 e. The predicted molar refractivity (Wildman–Crippen MR) is 129 cm³/mol. The van der Waals surface area contributed by atoms with Crippen molar-refractivity contribution in [1.82, 2.24) is 14.5 Å². The first kappa shape index (κ1) is 25.5. The van der Waals surface area contributed by atoms with Crippen LogP contribution in [0.4, 0.5) is 13.2 Å². The van der Waals surface area contributed by atoms with Crippen LogP contribution in [0.1, 0.15) is 47.5 Å². The summed E-state index contributed by atoms with van der Waals surface area (Å²) in [6.07, 6.45) is -2.71. The van der Waals surface area contributed by atoms with Crippen LogP contribution in [-0.4, -0.2) is 60.4 Å². The van der Waals surface area contributed by atoms with E-state index in [0.717, 1.165) is 37.0 Å². The Balaban J connectivity index is 1.62. The Bertz CT molecular complexity index is 1260. The van der Waals surface area contributed by atoms with Gasteiger partial charge in [-0.25, -0.2) is 16.5 Å². The van der Waals surface area contributed by atoms with Crippen molar-refractivity contribution in [2.45, 2.75) is 37.8 Å². The number of piperidine rings is 1. The number of Topliss-reactive ketones (excluding diaryl/α,β-unsaturated/α-hetero) is 1. The van der Waals surface area contributed by atoms with Crippen LogP contribution in [0.3, 0.4) is 0 Å². The third kappa shape index (κ3) is 5.46. The lowest BCUT2D eigenvalue weighted by Crippen LogP contribution is -2.32. The van der Waals surface area contributed by atoms with Gasteiger partial charge in [-0.1, -0.05) is 6.07 Å². The average Bonchev–Trinajstić information content (AvgIpc) is 3.30. The van der Waals surface area contributed by atoms with Gasteiger partial charge in [0, 0.05) is 31.6 Å². The minimum Gasteiger partial charge on any atom is -0.496 e. The fraction of sp³-hybridized carbons (Fsp3) is 0.423. The van der Waals surface area contributed by atoms with Gasteiger partial charge < -0.3 is 9.47 Å². The Hall–Kier alpha value is -3.58. The maximum absolute atomic E-state index is 12.7. The van der Waals surface area contributed by atoms with Crippen LogP contribution in [0.15, 0.2) is 36.7 Å². The van der Waals surface area contributed by atoms with Crippen molar-refractivity contribution in [3.05, 3.63) is 59.2 Å². The molecule has 0 atom stereocenters. The van der Waals surface area contributed by atoms with Crippen LogP contribution in [0, 0.1) is 6.57 Å². The molecule has 1 saturated heterocycles. The van der Waals surface area contributed by atoms with Gasteiger partial charge in [0.05, 0.1) is 37.4 Å².